The van der Waals surface area contributed by atoms with Gasteiger partial charge in [-0.25, -0.2) is 5.43 Å². The number of carbonyl (C=O) groups excluding carboxylic acids is 1. The quantitative estimate of drug-likeness (QED) is 0.495. The fourth-order valence-corrected chi connectivity index (χ4v) is 1.77. The largest absolute Gasteiger partial charge is 0.481 e. The zero-order valence-corrected chi connectivity index (χ0v) is 7.65. The number of hydrogen-bond donors (Lipinski definition) is 3. The number of carbonyl (C=O) groups is 2. The minimum Gasteiger partial charge on any atom is -0.481 e. The topological polar surface area (TPSA) is 81.7 Å². The predicted octanol–water partition coefficient (Wildman–Crippen LogP) is -1.13. The first-order valence-electron chi connectivity index (χ1n) is 4.33. The number of rotatable bonds is 1. The molecule has 0 spiro atoms. The number of allylic oxidation sites excluding steroid dienone is 1. The van der Waals surface area contributed by atoms with E-state index >= 15 is 0 Å². The minimum atomic E-state index is -0.951. The van der Waals surface area contributed by atoms with E-state index in [1.54, 1.807) is 18.1 Å². The van der Waals surface area contributed by atoms with Gasteiger partial charge in [-0.1, -0.05) is 0 Å². The molecule has 0 bridgehead atoms. The van der Waals surface area contributed by atoms with Gasteiger partial charge in [0.2, 0.25) is 5.91 Å². The summed E-state index contributed by atoms with van der Waals surface area (Å²) in [5.74, 6) is -1.89. The fourth-order valence-electron chi connectivity index (χ4n) is 1.77. The van der Waals surface area contributed by atoms with Crippen molar-refractivity contribution < 1.29 is 14.7 Å². The van der Waals surface area contributed by atoms with Crippen LogP contribution in [-0.4, -0.2) is 34.6 Å². The van der Waals surface area contributed by atoms with Crippen LogP contribution in [-0.2, 0) is 9.59 Å². The summed E-state index contributed by atoms with van der Waals surface area (Å²) in [5.41, 5.74) is 3.58. The molecule has 2 aliphatic rings. The first kappa shape index (κ1) is 9.01. The zero-order chi connectivity index (χ0) is 10.3. The van der Waals surface area contributed by atoms with E-state index in [1.165, 1.54) is 0 Å². The first-order valence-corrected chi connectivity index (χ1v) is 4.33. The maximum absolute atomic E-state index is 11.5. The molecule has 0 aromatic rings. The van der Waals surface area contributed by atoms with Crippen LogP contribution >= 0.6 is 0 Å². The molecule has 1 saturated heterocycles. The lowest BCUT2D eigenvalue weighted by Crippen LogP contribution is -2.50. The van der Waals surface area contributed by atoms with Crippen LogP contribution in [0.1, 0.15) is 6.92 Å². The number of amides is 1. The summed E-state index contributed by atoms with van der Waals surface area (Å²) in [6.45, 7) is 2.04. The molecule has 2 aliphatic heterocycles. The van der Waals surface area contributed by atoms with Gasteiger partial charge in [-0.05, 0) is 6.92 Å². The molecule has 1 unspecified atom stereocenters. The van der Waals surface area contributed by atoms with Gasteiger partial charge in [0.05, 0.1) is 0 Å². The highest BCUT2D eigenvalue weighted by Crippen LogP contribution is 2.21. The maximum atomic E-state index is 11.5. The molecule has 1 amide bonds. The summed E-state index contributed by atoms with van der Waals surface area (Å²) in [4.78, 5) is 22.3. The van der Waals surface area contributed by atoms with Crippen LogP contribution in [0.4, 0.5) is 0 Å². The molecule has 2 atom stereocenters. The van der Waals surface area contributed by atoms with E-state index in [1.807, 2.05) is 0 Å². The number of nitrogens with one attached hydrogen (secondary N) is 2. The number of hydrazine groups is 1. The molecule has 0 aliphatic carbocycles. The number of hydrogen-bond acceptors (Lipinski definition) is 4. The minimum absolute atomic E-state index is 0.262. The van der Waals surface area contributed by atoms with E-state index in [-0.39, 0.29) is 12.5 Å². The molecule has 1 fully saturated rings. The Morgan fingerprint density at radius 2 is 2.43 bits per heavy atom. The Bertz CT molecular complexity index is 326. The Balaban J connectivity index is 2.27. The van der Waals surface area contributed by atoms with Crippen molar-refractivity contribution in [2.45, 2.75) is 13.0 Å². The van der Waals surface area contributed by atoms with Crippen molar-refractivity contribution in [3.8, 4) is 0 Å². The monoisotopic (exact) mass is 197 g/mol. The van der Waals surface area contributed by atoms with Crippen molar-refractivity contribution in [1.29, 1.82) is 0 Å². The summed E-state index contributed by atoms with van der Waals surface area (Å²) in [6, 6.07) is -0.629. The van der Waals surface area contributed by atoms with E-state index in [0.29, 0.717) is 5.70 Å². The van der Waals surface area contributed by atoms with Crippen molar-refractivity contribution in [2.75, 3.05) is 6.54 Å². The number of nitrogens with zero attached hydrogens (tertiary/aromatic N) is 1. The fraction of sp³-hybridized carbons (Fsp3) is 0.500. The number of carboxylic acid groups (broad SMARTS) is 1. The molecule has 2 heterocycles. The Morgan fingerprint density at radius 1 is 1.71 bits per heavy atom. The third-order valence-electron chi connectivity index (χ3n) is 2.41. The third kappa shape index (κ3) is 1.24. The number of fused-ring (bicyclic) bond motifs is 1. The van der Waals surface area contributed by atoms with Gasteiger partial charge in [-0.3, -0.25) is 9.59 Å². The lowest BCUT2D eigenvalue weighted by molar-refractivity contribution is -0.145. The molecule has 0 aromatic heterocycles. The van der Waals surface area contributed by atoms with Gasteiger partial charge >= 0.3 is 5.97 Å². The summed E-state index contributed by atoms with van der Waals surface area (Å²) in [5, 5.41) is 13.0. The summed E-state index contributed by atoms with van der Waals surface area (Å²) >= 11 is 0. The average Bonchev–Trinajstić information content (AvgIpc) is 2.47. The van der Waals surface area contributed by atoms with Crippen LogP contribution in [0, 0.1) is 5.92 Å². The van der Waals surface area contributed by atoms with Crippen molar-refractivity contribution in [3.63, 3.8) is 0 Å². The highest BCUT2D eigenvalue weighted by Gasteiger charge is 2.44. The van der Waals surface area contributed by atoms with Gasteiger partial charge < -0.3 is 15.4 Å². The number of carboxylic acids is 1. The van der Waals surface area contributed by atoms with Crippen molar-refractivity contribution >= 4 is 11.9 Å². The van der Waals surface area contributed by atoms with Crippen molar-refractivity contribution in [1.82, 2.24) is 15.8 Å². The molecule has 0 radical (unpaired) electrons. The molecule has 0 saturated carbocycles. The molecule has 0 aromatic carbocycles. The van der Waals surface area contributed by atoms with E-state index in [2.05, 4.69) is 10.7 Å². The Morgan fingerprint density at radius 3 is 3.07 bits per heavy atom. The van der Waals surface area contributed by atoms with Gasteiger partial charge in [-0.2, -0.15) is 0 Å². The van der Waals surface area contributed by atoms with Crippen molar-refractivity contribution in [3.05, 3.63) is 11.9 Å². The van der Waals surface area contributed by atoms with E-state index < -0.39 is 17.9 Å². The summed E-state index contributed by atoms with van der Waals surface area (Å²) in [6.07, 6.45) is 1.70. The second-order valence-corrected chi connectivity index (χ2v) is 3.46. The van der Waals surface area contributed by atoms with Crippen LogP contribution in [0.5, 0.6) is 0 Å². The van der Waals surface area contributed by atoms with Crippen molar-refractivity contribution in [2.24, 2.45) is 5.92 Å². The average molecular weight is 197 g/mol. The third-order valence-corrected chi connectivity index (χ3v) is 2.41. The molecule has 6 nitrogen and oxygen atoms in total. The van der Waals surface area contributed by atoms with Crippen LogP contribution in [0.2, 0.25) is 0 Å². The van der Waals surface area contributed by atoms with E-state index in [4.69, 9.17) is 5.11 Å². The second-order valence-electron chi connectivity index (χ2n) is 3.46. The molecular weight excluding hydrogens is 186 g/mol. The Labute approximate surface area is 80.5 Å². The highest BCUT2D eigenvalue weighted by molar-refractivity contribution is 5.90. The SMILES string of the molecule is CC1=CN2NC[C@@H](C(=O)O)C2C(=O)N1. The van der Waals surface area contributed by atoms with Gasteiger partial charge in [0.1, 0.15) is 12.0 Å². The molecule has 2 rings (SSSR count). The van der Waals surface area contributed by atoms with E-state index in [9.17, 15) is 9.59 Å². The Hall–Kier alpha value is -1.56. The molecule has 6 heteroatoms. The lowest BCUT2D eigenvalue weighted by atomic mass is 10.00. The van der Waals surface area contributed by atoms with Gasteiger partial charge in [-0.15, -0.1) is 0 Å². The second kappa shape index (κ2) is 2.98. The normalized spacial score (nSPS) is 30.8. The van der Waals surface area contributed by atoms with Gasteiger partial charge in [0, 0.05) is 18.4 Å². The van der Waals surface area contributed by atoms with Crippen LogP contribution in [0.3, 0.4) is 0 Å². The number of aliphatic carboxylic acids is 1. The van der Waals surface area contributed by atoms with Crippen LogP contribution < -0.4 is 10.7 Å². The molecule has 14 heavy (non-hydrogen) atoms. The molecule has 76 valence electrons. The van der Waals surface area contributed by atoms with Crippen LogP contribution in [0.15, 0.2) is 11.9 Å². The maximum Gasteiger partial charge on any atom is 0.310 e. The molecule has 3 N–H and O–H groups in total. The van der Waals surface area contributed by atoms with Crippen LogP contribution in [0.25, 0.3) is 0 Å². The highest BCUT2D eigenvalue weighted by atomic mass is 16.4. The molecular formula is C8H11N3O3. The summed E-state index contributed by atoms with van der Waals surface area (Å²) < 4.78 is 0. The standard InChI is InChI=1S/C8H11N3O3/c1-4-3-11-6(7(12)10-4)5(2-9-11)8(13)14/h3,5-6,9H,2H2,1H3,(H,10,12)(H,13,14)/t5-,6?/m1/s1. The predicted molar refractivity (Wildman–Crippen MR) is 46.7 cm³/mol. The summed E-state index contributed by atoms with van der Waals surface area (Å²) in [7, 11) is 0. The first-order chi connectivity index (χ1) is 6.59. The zero-order valence-electron chi connectivity index (χ0n) is 7.65. The lowest BCUT2D eigenvalue weighted by Gasteiger charge is -2.28. The Kier molecular flexibility index (Phi) is 1.92. The smallest absolute Gasteiger partial charge is 0.310 e. The van der Waals surface area contributed by atoms with Gasteiger partial charge in [0.25, 0.3) is 0 Å². The van der Waals surface area contributed by atoms with Gasteiger partial charge in [0.15, 0.2) is 0 Å². The van der Waals surface area contributed by atoms with E-state index in [0.717, 1.165) is 0 Å².